The van der Waals surface area contributed by atoms with Crippen LogP contribution in [0, 0.1) is 5.82 Å². The lowest BCUT2D eigenvalue weighted by Crippen LogP contribution is -2.28. The number of halogens is 2. The zero-order valence-corrected chi connectivity index (χ0v) is 9.06. The number of anilines is 1. The van der Waals surface area contributed by atoms with Crippen LogP contribution in [-0.4, -0.2) is 19.3 Å². The highest BCUT2D eigenvalue weighted by molar-refractivity contribution is 6.31. The Morgan fingerprint density at radius 2 is 2.07 bits per heavy atom. The Morgan fingerprint density at radius 1 is 1.33 bits per heavy atom. The van der Waals surface area contributed by atoms with Crippen LogP contribution in [0.15, 0.2) is 18.2 Å². The number of rotatable bonds is 2. The van der Waals surface area contributed by atoms with Crippen molar-refractivity contribution < 1.29 is 9.13 Å². The second kappa shape index (κ2) is 4.81. The van der Waals surface area contributed by atoms with E-state index >= 15 is 0 Å². The Hall–Kier alpha value is -0.800. The van der Waals surface area contributed by atoms with Gasteiger partial charge in [0.1, 0.15) is 0 Å². The van der Waals surface area contributed by atoms with Crippen LogP contribution in [-0.2, 0) is 4.74 Å². The van der Waals surface area contributed by atoms with E-state index in [2.05, 4.69) is 5.32 Å². The van der Waals surface area contributed by atoms with E-state index in [1.54, 1.807) is 18.2 Å². The molecule has 15 heavy (non-hydrogen) atoms. The minimum Gasteiger partial charge on any atom is -0.381 e. The molecule has 1 aliphatic rings. The Labute approximate surface area is 93.4 Å². The maximum absolute atomic E-state index is 13.5. The van der Waals surface area contributed by atoms with Crippen LogP contribution in [0.2, 0.25) is 5.02 Å². The first kappa shape index (κ1) is 10.7. The molecule has 0 radical (unpaired) electrons. The molecule has 2 nitrogen and oxygen atoms in total. The quantitative estimate of drug-likeness (QED) is 0.842. The Bertz CT molecular complexity index is 339. The van der Waals surface area contributed by atoms with Crippen LogP contribution < -0.4 is 5.32 Å². The summed E-state index contributed by atoms with van der Waals surface area (Å²) < 4.78 is 18.8. The highest BCUT2D eigenvalue weighted by Gasteiger charge is 2.15. The largest absolute Gasteiger partial charge is 0.381 e. The van der Waals surface area contributed by atoms with E-state index in [1.165, 1.54) is 0 Å². The number of ether oxygens (including phenoxy) is 1. The van der Waals surface area contributed by atoms with Gasteiger partial charge >= 0.3 is 0 Å². The van der Waals surface area contributed by atoms with Gasteiger partial charge in [-0.15, -0.1) is 0 Å². The first-order chi connectivity index (χ1) is 7.27. The van der Waals surface area contributed by atoms with Crippen LogP contribution in [0.1, 0.15) is 12.8 Å². The van der Waals surface area contributed by atoms with E-state index in [4.69, 9.17) is 16.3 Å². The van der Waals surface area contributed by atoms with E-state index < -0.39 is 0 Å². The topological polar surface area (TPSA) is 21.3 Å². The summed E-state index contributed by atoms with van der Waals surface area (Å²) in [4.78, 5) is 0. The summed E-state index contributed by atoms with van der Waals surface area (Å²) in [6.45, 7) is 1.47. The van der Waals surface area contributed by atoms with Gasteiger partial charge in [0.2, 0.25) is 0 Å². The minimum absolute atomic E-state index is 0.159. The molecular formula is C11H13ClFNO. The van der Waals surface area contributed by atoms with Gasteiger partial charge in [-0.3, -0.25) is 0 Å². The highest BCUT2D eigenvalue weighted by Crippen LogP contribution is 2.24. The molecule has 0 aromatic heterocycles. The lowest BCUT2D eigenvalue weighted by molar-refractivity contribution is 0.0904. The third-order valence-corrected chi connectivity index (χ3v) is 2.82. The summed E-state index contributed by atoms with van der Waals surface area (Å²) >= 11 is 5.69. The van der Waals surface area contributed by atoms with Crippen molar-refractivity contribution in [2.75, 3.05) is 18.5 Å². The van der Waals surface area contributed by atoms with E-state index in [-0.39, 0.29) is 16.9 Å². The van der Waals surface area contributed by atoms with Crippen molar-refractivity contribution in [3.05, 3.63) is 29.0 Å². The van der Waals surface area contributed by atoms with E-state index in [0.717, 1.165) is 26.1 Å². The molecule has 0 amide bonds. The van der Waals surface area contributed by atoms with E-state index in [1.807, 2.05) is 0 Å². The van der Waals surface area contributed by atoms with Crippen molar-refractivity contribution in [2.45, 2.75) is 18.9 Å². The molecule has 0 atom stereocenters. The lowest BCUT2D eigenvalue weighted by atomic mass is 10.1. The van der Waals surface area contributed by atoms with Gasteiger partial charge in [-0.1, -0.05) is 17.7 Å². The average molecular weight is 230 g/mol. The standard InChI is InChI=1S/C11H13ClFNO/c12-9-2-1-3-10(11(9)13)14-8-4-6-15-7-5-8/h1-3,8,14H,4-7H2. The smallest absolute Gasteiger partial charge is 0.164 e. The number of hydrogen-bond donors (Lipinski definition) is 1. The zero-order valence-electron chi connectivity index (χ0n) is 8.30. The summed E-state index contributed by atoms with van der Waals surface area (Å²) in [7, 11) is 0. The summed E-state index contributed by atoms with van der Waals surface area (Å²) in [5, 5.41) is 3.31. The second-order valence-corrected chi connectivity index (χ2v) is 4.04. The molecular weight excluding hydrogens is 217 g/mol. The molecule has 1 aliphatic heterocycles. The molecule has 0 unspecified atom stereocenters. The van der Waals surface area contributed by atoms with Crippen LogP contribution in [0.3, 0.4) is 0 Å². The van der Waals surface area contributed by atoms with Gasteiger partial charge in [0.05, 0.1) is 10.7 Å². The van der Waals surface area contributed by atoms with Gasteiger partial charge in [-0.05, 0) is 25.0 Å². The molecule has 1 aromatic carbocycles. The second-order valence-electron chi connectivity index (χ2n) is 3.63. The molecule has 0 saturated carbocycles. The zero-order chi connectivity index (χ0) is 10.7. The normalized spacial score (nSPS) is 17.7. The van der Waals surface area contributed by atoms with Gasteiger partial charge in [0.25, 0.3) is 0 Å². The Morgan fingerprint density at radius 3 is 2.80 bits per heavy atom. The maximum Gasteiger partial charge on any atom is 0.164 e. The SMILES string of the molecule is Fc1c(Cl)cccc1NC1CCOCC1. The third-order valence-electron chi connectivity index (χ3n) is 2.53. The van der Waals surface area contributed by atoms with Crippen molar-refractivity contribution in [3.8, 4) is 0 Å². The van der Waals surface area contributed by atoms with Crippen molar-refractivity contribution in [1.82, 2.24) is 0 Å². The lowest BCUT2D eigenvalue weighted by Gasteiger charge is -2.24. The molecule has 2 rings (SSSR count). The number of benzene rings is 1. The van der Waals surface area contributed by atoms with Crippen LogP contribution in [0.5, 0.6) is 0 Å². The van der Waals surface area contributed by atoms with Crippen molar-refractivity contribution in [2.24, 2.45) is 0 Å². The van der Waals surface area contributed by atoms with E-state index in [9.17, 15) is 4.39 Å². The minimum atomic E-state index is -0.370. The van der Waals surface area contributed by atoms with Gasteiger partial charge in [0.15, 0.2) is 5.82 Å². The van der Waals surface area contributed by atoms with Gasteiger partial charge in [-0.2, -0.15) is 0 Å². The molecule has 82 valence electrons. The molecule has 1 aromatic rings. The molecule has 4 heteroatoms. The van der Waals surface area contributed by atoms with Gasteiger partial charge < -0.3 is 10.1 Å². The Balaban J connectivity index is 2.06. The van der Waals surface area contributed by atoms with Crippen LogP contribution >= 0.6 is 11.6 Å². The molecule has 0 bridgehead atoms. The summed E-state index contributed by atoms with van der Waals surface area (Å²) in [6.07, 6.45) is 1.82. The summed E-state index contributed by atoms with van der Waals surface area (Å²) in [5.41, 5.74) is 0.481. The molecule has 1 heterocycles. The van der Waals surface area contributed by atoms with Crippen molar-refractivity contribution in [1.29, 1.82) is 0 Å². The number of nitrogens with one attached hydrogen (secondary N) is 1. The van der Waals surface area contributed by atoms with Crippen molar-refractivity contribution >= 4 is 17.3 Å². The third kappa shape index (κ3) is 2.61. The average Bonchev–Trinajstić information content (AvgIpc) is 2.26. The fourth-order valence-electron chi connectivity index (χ4n) is 1.68. The molecule has 1 saturated heterocycles. The molecule has 0 aliphatic carbocycles. The van der Waals surface area contributed by atoms with Crippen LogP contribution in [0.4, 0.5) is 10.1 Å². The van der Waals surface area contributed by atoms with Gasteiger partial charge in [0, 0.05) is 19.3 Å². The van der Waals surface area contributed by atoms with E-state index in [0.29, 0.717) is 5.69 Å². The summed E-state index contributed by atoms with van der Waals surface area (Å²) in [5.74, 6) is -0.370. The molecule has 1 N–H and O–H groups in total. The van der Waals surface area contributed by atoms with Crippen LogP contribution in [0.25, 0.3) is 0 Å². The number of hydrogen-bond acceptors (Lipinski definition) is 2. The first-order valence-corrected chi connectivity index (χ1v) is 5.43. The fraction of sp³-hybridized carbons (Fsp3) is 0.455. The predicted octanol–water partition coefficient (Wildman–Crippen LogP) is 3.07. The molecule has 0 spiro atoms. The maximum atomic E-state index is 13.5. The van der Waals surface area contributed by atoms with Crippen molar-refractivity contribution in [3.63, 3.8) is 0 Å². The Kier molecular flexibility index (Phi) is 3.44. The molecule has 1 fully saturated rings. The monoisotopic (exact) mass is 229 g/mol. The van der Waals surface area contributed by atoms with Gasteiger partial charge in [-0.25, -0.2) is 4.39 Å². The predicted molar refractivity (Wildman–Crippen MR) is 58.9 cm³/mol. The first-order valence-electron chi connectivity index (χ1n) is 5.05. The summed E-state index contributed by atoms with van der Waals surface area (Å²) in [6, 6.07) is 5.28. The fourth-order valence-corrected chi connectivity index (χ4v) is 1.85. The highest BCUT2D eigenvalue weighted by atomic mass is 35.5.